The molecule has 9 nitrogen and oxygen atoms in total. The fraction of sp³-hybridized carbons (Fsp3) is 0.714. The summed E-state index contributed by atoms with van der Waals surface area (Å²) in [4.78, 5) is 18.4. The number of aliphatic hydroxyl groups is 3. The van der Waals surface area contributed by atoms with Crippen molar-refractivity contribution < 1.29 is 44.6 Å². The fourth-order valence-corrected chi connectivity index (χ4v) is 0.349. The quantitative estimate of drug-likeness (QED) is 0.372. The lowest BCUT2D eigenvalue weighted by atomic mass is 10.4. The number of hydrogen-bond acceptors (Lipinski definition) is 7. The summed E-state index contributed by atoms with van der Waals surface area (Å²) < 4.78 is 8.58. The summed E-state index contributed by atoms with van der Waals surface area (Å²) in [7, 11) is 0. The summed E-state index contributed by atoms with van der Waals surface area (Å²) >= 11 is 0. The number of ether oxygens (including phenoxy) is 2. The normalized spacial score (nSPS) is 12.6. The van der Waals surface area contributed by atoms with Gasteiger partial charge >= 0.3 is 12.3 Å². The third-order valence-electron chi connectivity index (χ3n) is 0.945. The van der Waals surface area contributed by atoms with Crippen molar-refractivity contribution in [3.63, 3.8) is 0 Å². The van der Waals surface area contributed by atoms with Crippen molar-refractivity contribution in [3.8, 4) is 0 Å². The van der Waals surface area contributed by atoms with Gasteiger partial charge in [0, 0.05) is 0 Å². The Bertz CT molecular complexity index is 176. The highest BCUT2D eigenvalue weighted by Crippen LogP contribution is 1.92. The molecule has 0 aromatic carbocycles. The van der Waals surface area contributed by atoms with Crippen LogP contribution in [0.2, 0.25) is 0 Å². The molecule has 0 saturated carbocycles. The summed E-state index contributed by atoms with van der Waals surface area (Å²) in [5.41, 5.74) is 0. The van der Waals surface area contributed by atoms with Gasteiger partial charge in [-0.2, -0.15) is 0 Å². The van der Waals surface area contributed by atoms with Crippen molar-refractivity contribution in [2.75, 3.05) is 26.4 Å². The molecule has 1 aliphatic heterocycles. The molecule has 5 N–H and O–H groups in total. The first-order valence-corrected chi connectivity index (χ1v) is 4.05. The van der Waals surface area contributed by atoms with Crippen molar-refractivity contribution in [1.82, 2.24) is 0 Å². The van der Waals surface area contributed by atoms with Crippen LogP contribution in [0.1, 0.15) is 0 Å². The Morgan fingerprint density at radius 3 is 1.56 bits per heavy atom. The van der Waals surface area contributed by atoms with E-state index in [4.69, 9.17) is 30.3 Å². The van der Waals surface area contributed by atoms with Gasteiger partial charge in [-0.3, -0.25) is 0 Å². The molecule has 1 rings (SSSR count). The summed E-state index contributed by atoms with van der Waals surface area (Å²) in [5, 5.41) is 38.0. The fourth-order valence-electron chi connectivity index (χ4n) is 0.349. The van der Waals surface area contributed by atoms with Crippen molar-refractivity contribution in [3.05, 3.63) is 0 Å². The van der Waals surface area contributed by atoms with E-state index in [-0.39, 0.29) is 13.2 Å². The third-order valence-corrected chi connectivity index (χ3v) is 0.945. The Labute approximate surface area is 90.5 Å². The van der Waals surface area contributed by atoms with Gasteiger partial charge in [-0.25, -0.2) is 9.59 Å². The molecule has 0 aliphatic carbocycles. The molecule has 1 saturated heterocycles. The number of cyclic esters (lactones) is 2. The molecule has 0 aromatic heterocycles. The monoisotopic (exact) mass is 242 g/mol. The zero-order chi connectivity index (χ0) is 13.0. The molecule has 1 heterocycles. The number of aliphatic hydroxyl groups excluding tert-OH is 3. The minimum atomic E-state index is -1.83. The minimum absolute atomic E-state index is 0.365. The lowest BCUT2D eigenvalue weighted by Crippen LogP contribution is -2.15. The van der Waals surface area contributed by atoms with E-state index in [1.807, 2.05) is 0 Å². The molecule has 0 amide bonds. The Balaban J connectivity index is 0. The maximum Gasteiger partial charge on any atom is 0.508 e. The number of carbonyl (C=O) groups excluding carboxylic acids is 1. The number of hydrogen-bond donors (Lipinski definition) is 5. The average Bonchev–Trinajstić information content (AvgIpc) is 2.68. The van der Waals surface area contributed by atoms with E-state index in [9.17, 15) is 4.79 Å². The van der Waals surface area contributed by atoms with Crippen molar-refractivity contribution in [2.45, 2.75) is 6.10 Å². The second-order valence-corrected chi connectivity index (χ2v) is 2.25. The average molecular weight is 242 g/mol. The van der Waals surface area contributed by atoms with E-state index in [0.717, 1.165) is 0 Å². The number of carbonyl (C=O) groups is 2. The Kier molecular flexibility index (Phi) is 12.1. The van der Waals surface area contributed by atoms with Crippen LogP contribution in [0.25, 0.3) is 0 Å². The van der Waals surface area contributed by atoms with Gasteiger partial charge in [0.05, 0.1) is 13.2 Å². The summed E-state index contributed by atoms with van der Waals surface area (Å²) in [5.74, 6) is 0. The molecule has 0 spiro atoms. The van der Waals surface area contributed by atoms with Gasteiger partial charge in [0.1, 0.15) is 19.3 Å². The molecule has 96 valence electrons. The highest BCUT2D eigenvalue weighted by Gasteiger charge is 2.09. The lowest BCUT2D eigenvalue weighted by molar-refractivity contribution is 0.0450. The molecule has 0 atom stereocenters. The van der Waals surface area contributed by atoms with Gasteiger partial charge in [-0.15, -0.1) is 0 Å². The highest BCUT2D eigenvalue weighted by atomic mass is 16.8. The van der Waals surface area contributed by atoms with Gasteiger partial charge in [-0.05, 0) is 0 Å². The van der Waals surface area contributed by atoms with Gasteiger partial charge in [0.15, 0.2) is 0 Å². The molecule has 0 unspecified atom stereocenters. The van der Waals surface area contributed by atoms with E-state index < -0.39 is 18.4 Å². The molecule has 0 bridgehead atoms. The van der Waals surface area contributed by atoms with Gasteiger partial charge in [0.2, 0.25) is 0 Å². The third kappa shape index (κ3) is 18.3. The minimum Gasteiger partial charge on any atom is -0.450 e. The molecule has 1 aliphatic rings. The van der Waals surface area contributed by atoms with Crippen molar-refractivity contribution in [1.29, 1.82) is 0 Å². The molecule has 1 fully saturated rings. The first-order valence-electron chi connectivity index (χ1n) is 4.05. The van der Waals surface area contributed by atoms with Crippen LogP contribution in [-0.4, -0.2) is 70.4 Å². The SMILES string of the molecule is O=C(O)O.O=C1OCCO1.OCC(O)CO. The van der Waals surface area contributed by atoms with E-state index in [1.165, 1.54) is 0 Å². The summed E-state index contributed by atoms with van der Waals surface area (Å²) in [6, 6.07) is 0. The van der Waals surface area contributed by atoms with Crippen LogP contribution in [0.4, 0.5) is 9.59 Å². The van der Waals surface area contributed by atoms with Crippen molar-refractivity contribution >= 4 is 12.3 Å². The van der Waals surface area contributed by atoms with Gasteiger partial charge in [-0.1, -0.05) is 0 Å². The van der Waals surface area contributed by atoms with Crippen LogP contribution < -0.4 is 0 Å². The lowest BCUT2D eigenvalue weighted by Gasteiger charge is -1.96. The predicted octanol–water partition coefficient (Wildman–Crippen LogP) is -1.29. The van der Waals surface area contributed by atoms with E-state index >= 15 is 0 Å². The van der Waals surface area contributed by atoms with Gasteiger partial charge in [0.25, 0.3) is 0 Å². The molecular formula is C7H14O9. The second kappa shape index (κ2) is 11.5. The van der Waals surface area contributed by atoms with Crippen LogP contribution in [-0.2, 0) is 9.47 Å². The Morgan fingerprint density at radius 1 is 1.19 bits per heavy atom. The Hall–Kier alpha value is -1.58. The smallest absolute Gasteiger partial charge is 0.450 e. The first-order chi connectivity index (χ1) is 7.43. The largest absolute Gasteiger partial charge is 0.508 e. The molecule has 16 heavy (non-hydrogen) atoms. The summed E-state index contributed by atoms with van der Waals surface area (Å²) in [6.07, 6.45) is -3.33. The van der Waals surface area contributed by atoms with Crippen molar-refractivity contribution in [2.24, 2.45) is 0 Å². The predicted molar refractivity (Wildman–Crippen MR) is 48.1 cm³/mol. The molecule has 0 radical (unpaired) electrons. The zero-order valence-electron chi connectivity index (χ0n) is 8.27. The first kappa shape index (κ1) is 16.8. The molecule has 0 aromatic rings. The molecular weight excluding hydrogens is 228 g/mol. The number of carboxylic acid groups (broad SMARTS) is 2. The highest BCUT2D eigenvalue weighted by molar-refractivity contribution is 5.61. The maximum absolute atomic E-state index is 9.80. The molecule has 9 heteroatoms. The topological polar surface area (TPSA) is 154 Å². The second-order valence-electron chi connectivity index (χ2n) is 2.25. The van der Waals surface area contributed by atoms with Crippen LogP contribution in [0.5, 0.6) is 0 Å². The van der Waals surface area contributed by atoms with Gasteiger partial charge < -0.3 is 35.0 Å². The van der Waals surface area contributed by atoms with E-state index in [2.05, 4.69) is 9.47 Å². The number of rotatable bonds is 2. The zero-order valence-corrected chi connectivity index (χ0v) is 8.27. The van der Waals surface area contributed by atoms with E-state index in [1.54, 1.807) is 0 Å². The van der Waals surface area contributed by atoms with E-state index in [0.29, 0.717) is 13.2 Å². The summed E-state index contributed by atoms with van der Waals surface area (Å²) in [6.45, 7) is 0.102. The van der Waals surface area contributed by atoms with Crippen LogP contribution >= 0.6 is 0 Å². The van der Waals surface area contributed by atoms with Crippen LogP contribution in [0.3, 0.4) is 0 Å². The standard InChI is InChI=1S/C3H4O3.C3H8O3.CH2O3/c4-3-5-1-2-6-3;4-1-3(6)2-5;2-1(3)4/h1-2H2;3-6H,1-2H2;(H2,2,3,4). The Morgan fingerprint density at radius 2 is 1.50 bits per heavy atom. The van der Waals surface area contributed by atoms with Crippen LogP contribution in [0, 0.1) is 0 Å². The van der Waals surface area contributed by atoms with Crippen LogP contribution in [0.15, 0.2) is 0 Å². The maximum atomic E-state index is 9.80.